The monoisotopic (exact) mass is 280 g/mol. The molecule has 20 heavy (non-hydrogen) atoms. The van der Waals surface area contributed by atoms with Gasteiger partial charge in [-0.3, -0.25) is 14.9 Å². The van der Waals surface area contributed by atoms with E-state index in [1.54, 1.807) is 6.07 Å². The van der Waals surface area contributed by atoms with Crippen LogP contribution in [-0.4, -0.2) is 35.5 Å². The van der Waals surface area contributed by atoms with Crippen molar-refractivity contribution in [2.24, 2.45) is 0 Å². The quantitative estimate of drug-likeness (QED) is 0.449. The number of carbonyl (C=O) groups is 1. The number of unbranched alkanes of at least 4 members (excludes halogenated alkanes) is 1. The van der Waals surface area contributed by atoms with Crippen LogP contribution < -0.4 is 4.90 Å². The Balaban J connectivity index is 3.18. The van der Waals surface area contributed by atoms with Gasteiger partial charge in [-0.2, -0.15) is 0 Å². The Morgan fingerprint density at radius 3 is 2.60 bits per heavy atom. The third kappa shape index (κ3) is 4.03. The first-order chi connectivity index (χ1) is 9.51. The van der Waals surface area contributed by atoms with E-state index in [4.69, 9.17) is 5.11 Å². The topological polar surface area (TPSA) is 83.7 Å². The van der Waals surface area contributed by atoms with Gasteiger partial charge in [0.1, 0.15) is 0 Å². The molecule has 1 N–H and O–H groups in total. The van der Waals surface area contributed by atoms with Gasteiger partial charge in [0.15, 0.2) is 5.78 Å². The van der Waals surface area contributed by atoms with Crippen molar-refractivity contribution in [2.45, 2.75) is 26.7 Å². The van der Waals surface area contributed by atoms with Gasteiger partial charge < -0.3 is 10.0 Å². The number of nitrogens with zero attached hydrogens (tertiary/aromatic N) is 2. The fourth-order valence-electron chi connectivity index (χ4n) is 2.02. The van der Waals surface area contributed by atoms with Gasteiger partial charge in [0.2, 0.25) is 0 Å². The number of nitro groups is 1. The summed E-state index contributed by atoms with van der Waals surface area (Å²) in [6.07, 6.45) is 1.92. The molecule has 1 rings (SSSR count). The zero-order valence-electron chi connectivity index (χ0n) is 11.8. The Morgan fingerprint density at radius 2 is 2.10 bits per heavy atom. The van der Waals surface area contributed by atoms with E-state index in [0.29, 0.717) is 24.3 Å². The summed E-state index contributed by atoms with van der Waals surface area (Å²) in [7, 11) is 0. The largest absolute Gasteiger partial charge is 0.395 e. The molecule has 110 valence electrons. The highest BCUT2D eigenvalue weighted by Gasteiger charge is 2.17. The number of hydrogen-bond acceptors (Lipinski definition) is 5. The second-order valence-corrected chi connectivity index (χ2v) is 4.58. The van der Waals surface area contributed by atoms with Crippen LogP contribution in [0.4, 0.5) is 11.4 Å². The van der Waals surface area contributed by atoms with Crippen LogP contribution in [0.1, 0.15) is 37.0 Å². The van der Waals surface area contributed by atoms with Crippen LogP contribution in [0.5, 0.6) is 0 Å². The maximum Gasteiger partial charge on any atom is 0.270 e. The molecule has 0 saturated carbocycles. The fraction of sp³-hybridized carbons (Fsp3) is 0.500. The van der Waals surface area contributed by atoms with Crippen molar-refractivity contribution < 1.29 is 14.8 Å². The first-order valence-electron chi connectivity index (χ1n) is 6.66. The normalized spacial score (nSPS) is 10.3. The molecule has 0 amide bonds. The van der Waals surface area contributed by atoms with Crippen molar-refractivity contribution in [1.82, 2.24) is 0 Å². The molecule has 0 unspecified atom stereocenters. The summed E-state index contributed by atoms with van der Waals surface area (Å²) in [6, 6.07) is 4.27. The molecule has 0 atom stereocenters. The number of rotatable bonds is 8. The maximum atomic E-state index is 11.7. The Kier molecular flexibility index (Phi) is 6.11. The molecule has 0 heterocycles. The van der Waals surface area contributed by atoms with Gasteiger partial charge in [0.05, 0.1) is 11.5 Å². The molecule has 0 spiro atoms. The minimum atomic E-state index is -0.515. The summed E-state index contributed by atoms with van der Waals surface area (Å²) in [5, 5.41) is 19.9. The van der Waals surface area contributed by atoms with Crippen LogP contribution >= 0.6 is 0 Å². The zero-order valence-corrected chi connectivity index (χ0v) is 11.8. The van der Waals surface area contributed by atoms with Crippen LogP contribution in [0.15, 0.2) is 18.2 Å². The van der Waals surface area contributed by atoms with E-state index in [9.17, 15) is 14.9 Å². The van der Waals surface area contributed by atoms with Gasteiger partial charge in [-0.05, 0) is 19.4 Å². The number of hydrogen-bond donors (Lipinski definition) is 1. The number of non-ortho nitro benzene ring substituents is 1. The smallest absolute Gasteiger partial charge is 0.270 e. The third-order valence-electron chi connectivity index (χ3n) is 3.06. The van der Waals surface area contributed by atoms with Crippen molar-refractivity contribution >= 4 is 17.2 Å². The lowest BCUT2D eigenvalue weighted by Gasteiger charge is -2.25. The van der Waals surface area contributed by atoms with Gasteiger partial charge in [0.25, 0.3) is 5.69 Å². The van der Waals surface area contributed by atoms with Crippen LogP contribution in [0, 0.1) is 10.1 Å². The number of aliphatic hydroxyl groups is 1. The minimum Gasteiger partial charge on any atom is -0.395 e. The van der Waals surface area contributed by atoms with Gasteiger partial charge in [-0.1, -0.05) is 13.3 Å². The molecule has 1 aromatic carbocycles. The molecule has 6 nitrogen and oxygen atoms in total. The highest BCUT2D eigenvalue weighted by Crippen LogP contribution is 2.26. The molecule has 0 aliphatic carbocycles. The zero-order chi connectivity index (χ0) is 15.1. The maximum absolute atomic E-state index is 11.7. The van der Waals surface area contributed by atoms with Gasteiger partial charge in [-0.25, -0.2) is 0 Å². The number of benzene rings is 1. The Labute approximate surface area is 118 Å². The van der Waals surface area contributed by atoms with E-state index in [1.807, 2.05) is 4.90 Å². The predicted octanol–water partition coefficient (Wildman–Crippen LogP) is 2.40. The first-order valence-corrected chi connectivity index (χ1v) is 6.66. The Bertz CT molecular complexity index is 488. The molecule has 0 bridgehead atoms. The van der Waals surface area contributed by atoms with Crippen molar-refractivity contribution in [2.75, 3.05) is 24.6 Å². The molecular formula is C14H20N2O4. The lowest BCUT2D eigenvalue weighted by atomic mass is 10.1. The molecule has 6 heteroatoms. The van der Waals surface area contributed by atoms with Gasteiger partial charge >= 0.3 is 0 Å². The van der Waals surface area contributed by atoms with Crippen LogP contribution in [0.3, 0.4) is 0 Å². The van der Waals surface area contributed by atoms with E-state index in [-0.39, 0.29) is 18.1 Å². The molecule has 0 radical (unpaired) electrons. The van der Waals surface area contributed by atoms with E-state index >= 15 is 0 Å². The van der Waals surface area contributed by atoms with E-state index in [0.717, 1.165) is 12.8 Å². The van der Waals surface area contributed by atoms with Crippen LogP contribution in [0.2, 0.25) is 0 Å². The van der Waals surface area contributed by atoms with E-state index < -0.39 is 4.92 Å². The highest BCUT2D eigenvalue weighted by molar-refractivity contribution is 6.00. The van der Waals surface area contributed by atoms with E-state index in [2.05, 4.69) is 6.92 Å². The molecule has 0 fully saturated rings. The van der Waals surface area contributed by atoms with Crippen molar-refractivity contribution in [3.05, 3.63) is 33.9 Å². The van der Waals surface area contributed by atoms with Crippen molar-refractivity contribution in [3.8, 4) is 0 Å². The summed E-state index contributed by atoms with van der Waals surface area (Å²) in [5.41, 5.74) is 0.868. The SMILES string of the molecule is CCCCN(CCO)c1ccc([N+](=O)[O-])cc1C(C)=O. The number of aliphatic hydroxyl groups excluding tert-OH is 1. The number of ketones is 1. The van der Waals surface area contributed by atoms with Crippen LogP contribution in [-0.2, 0) is 0 Å². The molecule has 0 aliphatic heterocycles. The van der Waals surface area contributed by atoms with Crippen molar-refractivity contribution in [1.29, 1.82) is 0 Å². The van der Waals surface area contributed by atoms with Crippen LogP contribution in [0.25, 0.3) is 0 Å². The lowest BCUT2D eigenvalue weighted by molar-refractivity contribution is -0.384. The second-order valence-electron chi connectivity index (χ2n) is 4.58. The first kappa shape index (κ1) is 16.1. The van der Waals surface area contributed by atoms with Gasteiger partial charge in [-0.15, -0.1) is 0 Å². The highest BCUT2D eigenvalue weighted by atomic mass is 16.6. The van der Waals surface area contributed by atoms with Crippen molar-refractivity contribution in [3.63, 3.8) is 0 Å². The summed E-state index contributed by atoms with van der Waals surface area (Å²) in [4.78, 5) is 23.9. The average molecular weight is 280 g/mol. The summed E-state index contributed by atoms with van der Waals surface area (Å²) in [6.45, 7) is 4.52. The molecule has 1 aromatic rings. The molecule has 0 aromatic heterocycles. The van der Waals surface area contributed by atoms with Gasteiger partial charge in [0, 0.05) is 36.5 Å². The van der Waals surface area contributed by atoms with E-state index in [1.165, 1.54) is 19.1 Å². The molecule has 0 aliphatic rings. The Hall–Kier alpha value is -1.95. The molecule has 0 saturated heterocycles. The Morgan fingerprint density at radius 1 is 1.40 bits per heavy atom. The minimum absolute atomic E-state index is 0.0297. The number of carbonyl (C=O) groups excluding carboxylic acids is 1. The number of anilines is 1. The summed E-state index contributed by atoms with van der Waals surface area (Å²) < 4.78 is 0. The second kappa shape index (κ2) is 7.59. The summed E-state index contributed by atoms with van der Waals surface area (Å²) in [5.74, 6) is -0.219. The summed E-state index contributed by atoms with van der Waals surface area (Å²) >= 11 is 0. The average Bonchev–Trinajstić information content (AvgIpc) is 2.42. The third-order valence-corrected chi connectivity index (χ3v) is 3.06. The number of nitro benzene ring substituents is 1. The standard InChI is InChI=1S/C14H20N2O4/c1-3-4-7-15(8-9-17)14-6-5-12(16(19)20)10-13(14)11(2)18/h5-6,10,17H,3-4,7-9H2,1-2H3. The lowest BCUT2D eigenvalue weighted by Crippen LogP contribution is -2.29. The molecular weight excluding hydrogens is 260 g/mol. The fourth-order valence-corrected chi connectivity index (χ4v) is 2.02. The number of Topliss-reactive ketones (excluding diaryl/α,β-unsaturated/α-hetero) is 1. The predicted molar refractivity (Wildman–Crippen MR) is 77.3 cm³/mol.